The number of amides is 1. The predicted molar refractivity (Wildman–Crippen MR) is 113 cm³/mol. The van der Waals surface area contributed by atoms with Crippen LogP contribution in [0.3, 0.4) is 0 Å². The van der Waals surface area contributed by atoms with Crippen LogP contribution in [0.1, 0.15) is 33.8 Å². The number of nitrogens with two attached hydrogens (primary N) is 1. The van der Waals surface area contributed by atoms with Crippen LogP contribution in [-0.2, 0) is 11.3 Å². The molecular formula is C22H22ClN3O3. The van der Waals surface area contributed by atoms with E-state index in [2.05, 4.69) is 5.32 Å². The van der Waals surface area contributed by atoms with Crippen LogP contribution in [0.5, 0.6) is 0 Å². The molecule has 150 valence electrons. The van der Waals surface area contributed by atoms with Crippen LogP contribution in [0.2, 0.25) is 0 Å². The van der Waals surface area contributed by atoms with Crippen LogP contribution in [0.4, 0.5) is 10.5 Å². The lowest BCUT2D eigenvalue weighted by molar-refractivity contribution is 0.102. The van der Waals surface area contributed by atoms with Gasteiger partial charge in [-0.3, -0.25) is 9.36 Å². The van der Waals surface area contributed by atoms with Crippen molar-refractivity contribution in [1.82, 2.24) is 4.57 Å². The van der Waals surface area contributed by atoms with Crippen molar-refractivity contribution in [2.24, 2.45) is 5.73 Å². The molecule has 6 nitrogen and oxygen atoms in total. The highest BCUT2D eigenvalue weighted by Crippen LogP contribution is 2.39. The van der Waals surface area contributed by atoms with E-state index >= 15 is 0 Å². The van der Waals surface area contributed by atoms with Crippen molar-refractivity contribution in [2.45, 2.75) is 25.0 Å². The van der Waals surface area contributed by atoms with E-state index in [0.29, 0.717) is 17.2 Å². The lowest BCUT2D eigenvalue weighted by atomic mass is 10.1. The third-order valence-electron chi connectivity index (χ3n) is 4.81. The number of carbonyl (C=O) groups excluding carboxylic acids is 2. The summed E-state index contributed by atoms with van der Waals surface area (Å²) >= 11 is 0. The van der Waals surface area contributed by atoms with Gasteiger partial charge in [0.2, 0.25) is 0 Å². The van der Waals surface area contributed by atoms with Crippen molar-refractivity contribution in [2.75, 3.05) is 5.32 Å². The van der Waals surface area contributed by atoms with Gasteiger partial charge in [-0.05, 0) is 35.7 Å². The quantitative estimate of drug-likeness (QED) is 0.660. The molecule has 2 aromatic carbocycles. The first kappa shape index (κ1) is 20.6. The van der Waals surface area contributed by atoms with E-state index in [-0.39, 0.29) is 31.0 Å². The zero-order valence-electron chi connectivity index (χ0n) is 15.7. The van der Waals surface area contributed by atoms with Crippen molar-refractivity contribution in [3.8, 4) is 0 Å². The van der Waals surface area contributed by atoms with Crippen molar-refractivity contribution in [3.05, 3.63) is 89.7 Å². The Hall–Kier alpha value is -3.09. The minimum atomic E-state index is -0.534. The van der Waals surface area contributed by atoms with Crippen LogP contribution >= 0.6 is 12.4 Å². The van der Waals surface area contributed by atoms with Crippen LogP contribution in [-0.4, -0.2) is 22.6 Å². The Kier molecular flexibility index (Phi) is 6.36. The molecule has 0 saturated heterocycles. The number of hydrogen-bond acceptors (Lipinski definition) is 4. The highest BCUT2D eigenvalue weighted by atomic mass is 35.5. The van der Waals surface area contributed by atoms with Crippen molar-refractivity contribution < 1.29 is 14.3 Å². The third-order valence-corrected chi connectivity index (χ3v) is 4.81. The molecule has 2 atom stereocenters. The monoisotopic (exact) mass is 411 g/mol. The van der Waals surface area contributed by atoms with Gasteiger partial charge in [0.05, 0.1) is 5.56 Å². The van der Waals surface area contributed by atoms with Crippen LogP contribution in [0, 0.1) is 0 Å². The van der Waals surface area contributed by atoms with E-state index in [0.717, 1.165) is 12.0 Å². The number of halogens is 1. The lowest BCUT2D eigenvalue weighted by Crippen LogP contribution is -2.13. The van der Waals surface area contributed by atoms with Crippen LogP contribution < -0.4 is 11.1 Å². The van der Waals surface area contributed by atoms with Gasteiger partial charge in [-0.1, -0.05) is 42.5 Å². The van der Waals surface area contributed by atoms with E-state index in [1.807, 2.05) is 54.6 Å². The fourth-order valence-corrected chi connectivity index (χ4v) is 3.05. The molecule has 0 aliphatic heterocycles. The Morgan fingerprint density at radius 1 is 1.07 bits per heavy atom. The SMILES string of the molecule is Cl.N[C@@H]1C[C@H]1c1ccc(NC(=O)c2ccn(C(=O)OCc3ccccc3)c2)cc1. The molecule has 3 N–H and O–H groups in total. The van der Waals surface area contributed by atoms with Crippen LogP contribution in [0.25, 0.3) is 0 Å². The minimum Gasteiger partial charge on any atom is -0.444 e. The van der Waals surface area contributed by atoms with E-state index in [1.54, 1.807) is 6.07 Å². The van der Waals surface area contributed by atoms with Gasteiger partial charge < -0.3 is 15.8 Å². The molecule has 1 fully saturated rings. The highest BCUT2D eigenvalue weighted by Gasteiger charge is 2.34. The molecule has 1 amide bonds. The molecule has 29 heavy (non-hydrogen) atoms. The van der Waals surface area contributed by atoms with Gasteiger partial charge in [0, 0.05) is 30.0 Å². The molecule has 0 radical (unpaired) electrons. The normalized spacial score (nSPS) is 17.1. The number of rotatable bonds is 5. The zero-order valence-corrected chi connectivity index (χ0v) is 16.5. The first-order chi connectivity index (χ1) is 13.6. The molecule has 4 rings (SSSR count). The Morgan fingerprint density at radius 2 is 1.76 bits per heavy atom. The molecule has 0 unspecified atom stereocenters. The molecule has 1 aliphatic rings. The summed E-state index contributed by atoms with van der Waals surface area (Å²) in [5.41, 5.74) is 9.03. The number of hydrogen-bond donors (Lipinski definition) is 2. The molecule has 1 heterocycles. The average molecular weight is 412 g/mol. The van der Waals surface area contributed by atoms with E-state index in [4.69, 9.17) is 10.5 Å². The summed E-state index contributed by atoms with van der Waals surface area (Å²) in [6.45, 7) is 0.177. The molecule has 1 aliphatic carbocycles. The van der Waals surface area contributed by atoms with E-state index in [9.17, 15) is 9.59 Å². The van der Waals surface area contributed by atoms with Gasteiger partial charge in [-0.2, -0.15) is 0 Å². The number of carbonyl (C=O) groups is 2. The molecule has 1 aromatic heterocycles. The number of ether oxygens (including phenoxy) is 1. The summed E-state index contributed by atoms with van der Waals surface area (Å²) in [5, 5.41) is 2.83. The van der Waals surface area contributed by atoms with Gasteiger partial charge in [0.25, 0.3) is 5.91 Å². The molecule has 0 spiro atoms. The first-order valence-electron chi connectivity index (χ1n) is 9.16. The second-order valence-electron chi connectivity index (χ2n) is 6.93. The molecule has 7 heteroatoms. The smallest absolute Gasteiger partial charge is 0.418 e. The number of nitrogens with one attached hydrogen (secondary N) is 1. The first-order valence-corrected chi connectivity index (χ1v) is 9.16. The largest absolute Gasteiger partial charge is 0.444 e. The highest BCUT2D eigenvalue weighted by molar-refractivity contribution is 6.04. The molecule has 3 aromatic rings. The van der Waals surface area contributed by atoms with Gasteiger partial charge >= 0.3 is 6.09 Å². The Morgan fingerprint density at radius 3 is 2.41 bits per heavy atom. The number of anilines is 1. The van der Waals surface area contributed by atoms with E-state index in [1.165, 1.54) is 22.5 Å². The van der Waals surface area contributed by atoms with Crippen molar-refractivity contribution >= 4 is 30.1 Å². The predicted octanol–water partition coefficient (Wildman–Crippen LogP) is 4.16. The maximum absolute atomic E-state index is 12.4. The molecule has 0 bridgehead atoms. The summed E-state index contributed by atoms with van der Waals surface area (Å²) in [7, 11) is 0. The fraction of sp³-hybridized carbons (Fsp3) is 0.182. The Bertz CT molecular complexity index is 986. The average Bonchev–Trinajstić information content (AvgIpc) is 3.24. The number of nitrogens with zero attached hydrogens (tertiary/aromatic N) is 1. The molecule has 1 saturated carbocycles. The summed E-state index contributed by atoms with van der Waals surface area (Å²) < 4.78 is 6.52. The van der Waals surface area contributed by atoms with Gasteiger partial charge in [0.15, 0.2) is 0 Å². The maximum Gasteiger partial charge on any atom is 0.418 e. The topological polar surface area (TPSA) is 86.4 Å². The van der Waals surface area contributed by atoms with Crippen molar-refractivity contribution in [3.63, 3.8) is 0 Å². The standard InChI is InChI=1S/C22H21N3O3.ClH/c23-20-12-19(20)16-6-8-18(9-7-16)24-21(26)17-10-11-25(13-17)22(27)28-14-15-4-2-1-3-5-15;/h1-11,13,19-20H,12,14,23H2,(H,24,26);1H/t19-,20+;/m0./s1. The maximum atomic E-state index is 12.4. The lowest BCUT2D eigenvalue weighted by Gasteiger charge is -2.06. The minimum absolute atomic E-state index is 0. The van der Waals surface area contributed by atoms with Crippen LogP contribution in [0.15, 0.2) is 73.1 Å². The molecular weight excluding hydrogens is 390 g/mol. The summed E-state index contributed by atoms with van der Waals surface area (Å²) in [4.78, 5) is 24.6. The Labute approximate surface area is 175 Å². The summed E-state index contributed by atoms with van der Waals surface area (Å²) in [5.74, 6) is 0.145. The third kappa shape index (κ3) is 5.04. The van der Waals surface area contributed by atoms with E-state index < -0.39 is 6.09 Å². The second-order valence-corrected chi connectivity index (χ2v) is 6.93. The number of aromatic nitrogens is 1. The summed E-state index contributed by atoms with van der Waals surface area (Å²) in [6, 6.07) is 19.0. The van der Waals surface area contributed by atoms with Gasteiger partial charge in [-0.25, -0.2) is 4.79 Å². The van der Waals surface area contributed by atoms with Gasteiger partial charge in [0.1, 0.15) is 6.61 Å². The second kappa shape index (κ2) is 8.94. The number of benzene rings is 2. The Balaban J connectivity index is 0.00000240. The summed E-state index contributed by atoms with van der Waals surface area (Å²) in [6.07, 6.45) is 3.45. The fourth-order valence-electron chi connectivity index (χ4n) is 3.05. The van der Waals surface area contributed by atoms with Crippen molar-refractivity contribution in [1.29, 1.82) is 0 Å². The zero-order chi connectivity index (χ0) is 19.5. The van der Waals surface area contributed by atoms with Gasteiger partial charge in [-0.15, -0.1) is 12.4 Å².